The highest BCUT2D eigenvalue weighted by molar-refractivity contribution is 8.01. The van der Waals surface area contributed by atoms with Crippen LogP contribution in [-0.4, -0.2) is 113 Å². The summed E-state index contributed by atoms with van der Waals surface area (Å²) >= 11 is 2.23. The molecule has 1 unspecified atom stereocenters. The van der Waals surface area contributed by atoms with Crippen LogP contribution in [0.2, 0.25) is 0 Å². The number of fused-ring (bicyclic) bond motifs is 1. The van der Waals surface area contributed by atoms with Crippen molar-refractivity contribution in [1.29, 1.82) is 0 Å². The molecule has 1 saturated heterocycles. The van der Waals surface area contributed by atoms with Gasteiger partial charge >= 0.3 is 24.0 Å². The van der Waals surface area contributed by atoms with E-state index in [4.69, 9.17) is 24.1 Å². The van der Waals surface area contributed by atoms with Crippen molar-refractivity contribution < 1.29 is 57.9 Å². The first-order chi connectivity index (χ1) is 26.1. The number of nitrogens with one attached hydrogen (secondary N) is 2. The first-order valence-electron chi connectivity index (χ1n) is 16.5. The molecule has 21 heteroatoms. The van der Waals surface area contributed by atoms with E-state index in [2.05, 4.69) is 26.2 Å². The maximum Gasteiger partial charge on any atom is 0.408 e. The Morgan fingerprint density at radius 1 is 1.04 bits per heavy atom. The second kappa shape index (κ2) is 17.5. The number of aromatic nitrogens is 4. The molecular weight excluding hydrogens is 763 g/mol. The molecule has 3 amide bonds. The Balaban J connectivity index is 1.28. The number of tetrazole rings is 1. The van der Waals surface area contributed by atoms with Gasteiger partial charge in [-0.1, -0.05) is 36.0 Å². The molecule has 3 heterocycles. The zero-order chi connectivity index (χ0) is 39.9. The summed E-state index contributed by atoms with van der Waals surface area (Å²) in [7, 11) is 1.52. The number of benzene rings is 2. The number of rotatable bonds is 16. The minimum Gasteiger partial charge on any atom is -0.497 e. The number of hydrogen-bond acceptors (Lipinski definition) is 15. The van der Waals surface area contributed by atoms with Gasteiger partial charge in [-0.25, -0.2) is 19.1 Å². The van der Waals surface area contributed by atoms with Crippen LogP contribution < -0.4 is 20.1 Å². The van der Waals surface area contributed by atoms with E-state index in [-0.39, 0.29) is 46.9 Å². The Morgan fingerprint density at radius 3 is 2.36 bits per heavy atom. The van der Waals surface area contributed by atoms with Crippen LogP contribution in [0.5, 0.6) is 11.5 Å². The van der Waals surface area contributed by atoms with Gasteiger partial charge in [0.1, 0.15) is 53.4 Å². The SMILES string of the molecule is COc1ccc(COC(=O)NC(C(=O)N[C@@H]2C(=O)N3C(C(=O)O)=C(CSc4nnnn4CC(=O)O)CS[C@@H]23)c2ccc(OCC(=O)OC(C)(C)C)cc2)cc1. The molecule has 0 aliphatic carbocycles. The van der Waals surface area contributed by atoms with Crippen molar-refractivity contribution in [2.24, 2.45) is 0 Å². The number of β-lactam (4-membered cyclic amide) rings is 1. The number of carbonyl (C=O) groups is 6. The van der Waals surface area contributed by atoms with Crippen molar-refractivity contribution in [2.45, 2.75) is 62.1 Å². The number of esters is 1. The van der Waals surface area contributed by atoms with Crippen LogP contribution in [0.15, 0.2) is 65.0 Å². The molecule has 0 bridgehead atoms. The Bertz CT molecular complexity index is 1960. The molecule has 5 rings (SSSR count). The molecule has 2 aliphatic rings. The highest BCUT2D eigenvalue weighted by atomic mass is 32.2. The van der Waals surface area contributed by atoms with Gasteiger partial charge in [-0.2, -0.15) is 0 Å². The zero-order valence-electron chi connectivity index (χ0n) is 29.9. The summed E-state index contributed by atoms with van der Waals surface area (Å²) in [5, 5.41) is 34.6. The lowest BCUT2D eigenvalue weighted by Gasteiger charge is -2.49. The maximum atomic E-state index is 13.8. The minimum atomic E-state index is -1.38. The van der Waals surface area contributed by atoms with Crippen molar-refractivity contribution in [2.75, 3.05) is 25.2 Å². The van der Waals surface area contributed by atoms with Gasteiger partial charge in [0.2, 0.25) is 11.1 Å². The van der Waals surface area contributed by atoms with E-state index in [0.717, 1.165) is 21.3 Å². The predicted octanol–water partition coefficient (Wildman–Crippen LogP) is 1.99. The molecule has 19 nitrogen and oxygen atoms in total. The lowest BCUT2D eigenvalue weighted by atomic mass is 10.0. The quantitative estimate of drug-likeness (QED) is 0.0918. The summed E-state index contributed by atoms with van der Waals surface area (Å²) in [5.41, 5.74) is 0.333. The number of alkyl carbamates (subject to hydrolysis) is 1. The Labute approximate surface area is 322 Å². The highest BCUT2D eigenvalue weighted by Crippen LogP contribution is 2.41. The van der Waals surface area contributed by atoms with Gasteiger partial charge in [0.25, 0.3) is 5.91 Å². The standard InChI is InChI=1S/C34H37N7O12S2/c1-34(2,3)53-24(44)15-51-22-11-7-19(8-12-22)25(36-33(49)52-14-18-5-9-21(50-4)10-6-18)28(45)35-26-29(46)41-27(31(47)48)20(16-54-30(26)41)17-55-32-37-38-39-40(32)13-23(42)43/h5-12,25-26,30H,13-17H2,1-4H3,(H,35,45)(H,36,49)(H,42,43)(H,47,48)/t25?,26-,30+/m1/s1. The molecule has 2 aromatic carbocycles. The maximum absolute atomic E-state index is 13.8. The number of carbonyl (C=O) groups excluding carboxylic acids is 4. The number of ether oxygens (including phenoxy) is 4. The molecular formula is C34H37N7O12S2. The first-order valence-corrected chi connectivity index (χ1v) is 18.5. The molecule has 1 fully saturated rings. The number of methoxy groups -OCH3 is 1. The van der Waals surface area contributed by atoms with Gasteiger partial charge in [0, 0.05) is 11.5 Å². The van der Waals surface area contributed by atoms with Crippen LogP contribution in [0.3, 0.4) is 0 Å². The molecule has 292 valence electrons. The zero-order valence-corrected chi connectivity index (χ0v) is 31.5. The minimum absolute atomic E-state index is 0.0459. The number of carboxylic acids is 2. The van der Waals surface area contributed by atoms with E-state index in [9.17, 15) is 33.9 Å². The third-order valence-corrected chi connectivity index (χ3v) is 10.1. The number of hydrogen-bond donors (Lipinski definition) is 4. The average molecular weight is 800 g/mol. The number of aliphatic carboxylic acids is 2. The second-order valence-corrected chi connectivity index (χ2v) is 14.9. The topological polar surface area (TPSA) is 251 Å². The van der Waals surface area contributed by atoms with E-state index < -0.39 is 65.4 Å². The summed E-state index contributed by atoms with van der Waals surface area (Å²) < 4.78 is 22.3. The van der Waals surface area contributed by atoms with E-state index >= 15 is 0 Å². The van der Waals surface area contributed by atoms with Crippen LogP contribution in [0.1, 0.15) is 37.9 Å². The van der Waals surface area contributed by atoms with E-state index in [1.807, 2.05) is 0 Å². The number of amides is 3. The van der Waals surface area contributed by atoms with Crippen molar-refractivity contribution >= 4 is 59.3 Å². The molecule has 1 aromatic heterocycles. The van der Waals surface area contributed by atoms with Crippen LogP contribution in [0.25, 0.3) is 0 Å². The van der Waals surface area contributed by atoms with Crippen LogP contribution in [-0.2, 0) is 46.6 Å². The third kappa shape index (κ3) is 10.4. The van der Waals surface area contributed by atoms with Gasteiger partial charge in [-0.15, -0.1) is 16.9 Å². The molecule has 3 atom stereocenters. The van der Waals surface area contributed by atoms with E-state index in [0.29, 0.717) is 16.9 Å². The fraction of sp³-hybridized carbons (Fsp3) is 0.382. The van der Waals surface area contributed by atoms with Crippen molar-refractivity contribution in [1.82, 2.24) is 35.7 Å². The van der Waals surface area contributed by atoms with E-state index in [1.54, 1.807) is 45.0 Å². The van der Waals surface area contributed by atoms with Gasteiger partial charge < -0.3 is 39.8 Å². The van der Waals surface area contributed by atoms with Crippen LogP contribution in [0.4, 0.5) is 4.79 Å². The second-order valence-electron chi connectivity index (χ2n) is 12.9. The van der Waals surface area contributed by atoms with Gasteiger partial charge in [0.05, 0.1) is 7.11 Å². The molecule has 0 spiro atoms. The third-order valence-electron chi connectivity index (χ3n) is 7.75. The van der Waals surface area contributed by atoms with Crippen LogP contribution in [0, 0.1) is 0 Å². The summed E-state index contributed by atoms with van der Waals surface area (Å²) in [6.07, 6.45) is -0.942. The summed E-state index contributed by atoms with van der Waals surface area (Å²) in [6, 6.07) is 10.2. The first kappa shape index (κ1) is 40.4. The lowest BCUT2D eigenvalue weighted by Crippen LogP contribution is -2.71. The average Bonchev–Trinajstić information content (AvgIpc) is 3.58. The molecule has 4 N–H and O–H groups in total. The van der Waals surface area contributed by atoms with Gasteiger partial charge in [0.15, 0.2) is 6.61 Å². The lowest BCUT2D eigenvalue weighted by molar-refractivity contribution is -0.157. The summed E-state index contributed by atoms with van der Waals surface area (Å²) in [4.78, 5) is 77.0. The molecule has 55 heavy (non-hydrogen) atoms. The monoisotopic (exact) mass is 799 g/mol. The Morgan fingerprint density at radius 2 is 1.73 bits per heavy atom. The van der Waals surface area contributed by atoms with Gasteiger partial charge in [-0.05, 0) is 72.2 Å². The Kier molecular flexibility index (Phi) is 12.9. The number of nitrogens with zero attached hydrogens (tertiary/aromatic N) is 5. The number of thioether (sulfide) groups is 2. The predicted molar refractivity (Wildman–Crippen MR) is 193 cm³/mol. The largest absolute Gasteiger partial charge is 0.497 e. The van der Waals surface area contributed by atoms with Crippen molar-refractivity contribution in [3.05, 3.63) is 70.9 Å². The fourth-order valence-corrected chi connectivity index (χ4v) is 7.67. The van der Waals surface area contributed by atoms with Crippen molar-refractivity contribution in [3.63, 3.8) is 0 Å². The highest BCUT2D eigenvalue weighted by Gasteiger charge is 2.54. The summed E-state index contributed by atoms with van der Waals surface area (Å²) in [5.74, 6) is -3.48. The van der Waals surface area contributed by atoms with E-state index in [1.165, 1.54) is 43.1 Å². The molecule has 0 radical (unpaired) electrons. The normalized spacial score (nSPS) is 16.9. The fourth-order valence-electron chi connectivity index (χ4n) is 5.31. The molecule has 3 aromatic rings. The van der Waals surface area contributed by atoms with Crippen molar-refractivity contribution in [3.8, 4) is 11.5 Å². The number of carboxylic acid groups (broad SMARTS) is 2. The molecule has 2 aliphatic heterocycles. The molecule has 0 saturated carbocycles. The summed E-state index contributed by atoms with van der Waals surface area (Å²) in [6.45, 7) is 4.18. The van der Waals surface area contributed by atoms with Crippen LogP contribution >= 0.6 is 23.5 Å². The van der Waals surface area contributed by atoms with Gasteiger partial charge in [-0.3, -0.25) is 19.3 Å². The smallest absolute Gasteiger partial charge is 0.408 e. The Hall–Kier alpha value is -5.83.